The van der Waals surface area contributed by atoms with Gasteiger partial charge in [-0.25, -0.2) is 0 Å². The summed E-state index contributed by atoms with van der Waals surface area (Å²) in [7, 11) is 0. The average Bonchev–Trinajstić information content (AvgIpc) is 2.69. The summed E-state index contributed by atoms with van der Waals surface area (Å²) in [6, 6.07) is 13.6. The molecule has 2 atom stereocenters. The highest BCUT2D eigenvalue weighted by molar-refractivity contribution is 5.50. The highest BCUT2D eigenvalue weighted by Gasteiger charge is 2.20. The van der Waals surface area contributed by atoms with E-state index in [2.05, 4.69) is 103 Å². The Kier molecular flexibility index (Phi) is 7.69. The molecule has 150 valence electrons. The molecule has 0 spiro atoms. The largest absolute Gasteiger partial charge is 0.359 e. The van der Waals surface area contributed by atoms with Gasteiger partial charge in [-0.1, -0.05) is 49.8 Å². The van der Waals surface area contributed by atoms with Gasteiger partial charge in [0.15, 0.2) is 0 Å². The van der Waals surface area contributed by atoms with Gasteiger partial charge in [0.1, 0.15) is 0 Å². The standard InChI is InChI=1S/C27H37N/c1-9-18(3)23(8)28-25-13-11-24(12-14-25)17-27(19(4)10-2)26-16-21(6)20(5)15-22(26)7/h10-16,19,27-28H,2,9,17H2,1,3-8H3/b23-18-. The maximum absolute atomic E-state index is 4.07. The zero-order valence-corrected chi connectivity index (χ0v) is 18.8. The fraction of sp³-hybridized carbons (Fsp3) is 0.407. The smallest absolute Gasteiger partial charge is 0.0381 e. The van der Waals surface area contributed by atoms with Crippen molar-refractivity contribution in [2.24, 2.45) is 5.92 Å². The normalized spacial score (nSPS) is 14.2. The van der Waals surface area contributed by atoms with Gasteiger partial charge >= 0.3 is 0 Å². The first-order chi connectivity index (χ1) is 13.3. The van der Waals surface area contributed by atoms with E-state index in [9.17, 15) is 0 Å². The van der Waals surface area contributed by atoms with Crippen LogP contribution in [0.1, 0.15) is 67.9 Å². The van der Waals surface area contributed by atoms with Crippen LogP contribution in [0.25, 0.3) is 0 Å². The van der Waals surface area contributed by atoms with Crippen molar-refractivity contribution in [2.75, 3.05) is 5.32 Å². The summed E-state index contributed by atoms with van der Waals surface area (Å²) in [5.74, 6) is 0.871. The van der Waals surface area contributed by atoms with Gasteiger partial charge in [-0.2, -0.15) is 0 Å². The van der Waals surface area contributed by atoms with E-state index >= 15 is 0 Å². The zero-order valence-electron chi connectivity index (χ0n) is 18.8. The summed E-state index contributed by atoms with van der Waals surface area (Å²) in [5, 5.41) is 3.52. The van der Waals surface area contributed by atoms with Crippen molar-refractivity contribution in [3.8, 4) is 0 Å². The molecule has 28 heavy (non-hydrogen) atoms. The maximum Gasteiger partial charge on any atom is 0.0381 e. The second kappa shape index (κ2) is 9.78. The Morgan fingerprint density at radius 3 is 2.18 bits per heavy atom. The van der Waals surface area contributed by atoms with Crippen LogP contribution in [0.3, 0.4) is 0 Å². The van der Waals surface area contributed by atoms with E-state index in [-0.39, 0.29) is 0 Å². The molecule has 0 saturated heterocycles. The number of rotatable bonds is 8. The minimum Gasteiger partial charge on any atom is -0.359 e. The number of allylic oxidation sites excluding steroid dienone is 3. The molecule has 0 aromatic heterocycles. The molecule has 0 amide bonds. The van der Waals surface area contributed by atoms with Crippen LogP contribution in [0.15, 0.2) is 60.3 Å². The Morgan fingerprint density at radius 1 is 1.00 bits per heavy atom. The van der Waals surface area contributed by atoms with Crippen molar-refractivity contribution in [1.82, 2.24) is 0 Å². The van der Waals surface area contributed by atoms with E-state index in [1.807, 2.05) is 0 Å². The molecule has 0 bridgehead atoms. The van der Waals surface area contributed by atoms with Crippen molar-refractivity contribution in [1.29, 1.82) is 0 Å². The van der Waals surface area contributed by atoms with E-state index < -0.39 is 0 Å². The Labute approximate surface area is 172 Å². The molecule has 1 N–H and O–H groups in total. The van der Waals surface area contributed by atoms with Gasteiger partial charge in [0.25, 0.3) is 0 Å². The van der Waals surface area contributed by atoms with Gasteiger partial charge in [-0.05, 0) is 99.2 Å². The second-order valence-electron chi connectivity index (χ2n) is 8.28. The van der Waals surface area contributed by atoms with Crippen molar-refractivity contribution in [3.05, 3.63) is 88.1 Å². The predicted molar refractivity (Wildman–Crippen MR) is 125 cm³/mol. The van der Waals surface area contributed by atoms with E-state index in [0.29, 0.717) is 11.8 Å². The Bertz CT molecular complexity index is 839. The monoisotopic (exact) mass is 375 g/mol. The summed E-state index contributed by atoms with van der Waals surface area (Å²) < 4.78 is 0. The lowest BCUT2D eigenvalue weighted by Crippen LogP contribution is -2.13. The first-order valence-electron chi connectivity index (χ1n) is 10.5. The first kappa shape index (κ1) is 22.0. The first-order valence-corrected chi connectivity index (χ1v) is 10.5. The van der Waals surface area contributed by atoms with Crippen molar-refractivity contribution >= 4 is 5.69 Å². The molecule has 0 heterocycles. The van der Waals surface area contributed by atoms with Gasteiger partial charge in [-0.3, -0.25) is 0 Å². The lowest BCUT2D eigenvalue weighted by Gasteiger charge is -2.25. The quantitative estimate of drug-likeness (QED) is 0.463. The zero-order chi connectivity index (χ0) is 20.8. The molecule has 0 aliphatic heterocycles. The summed E-state index contributed by atoms with van der Waals surface area (Å²) >= 11 is 0. The van der Waals surface area contributed by atoms with Gasteiger partial charge in [0, 0.05) is 11.4 Å². The van der Waals surface area contributed by atoms with E-state index in [1.165, 1.54) is 39.1 Å². The molecule has 2 aromatic rings. The molecule has 1 heteroatoms. The average molecular weight is 376 g/mol. The van der Waals surface area contributed by atoms with Crippen molar-refractivity contribution < 1.29 is 0 Å². The van der Waals surface area contributed by atoms with E-state index in [0.717, 1.165) is 18.5 Å². The van der Waals surface area contributed by atoms with E-state index in [4.69, 9.17) is 0 Å². The molecule has 2 unspecified atom stereocenters. The van der Waals surface area contributed by atoms with Crippen LogP contribution in [0.2, 0.25) is 0 Å². The lowest BCUT2D eigenvalue weighted by atomic mass is 9.79. The third-order valence-corrected chi connectivity index (χ3v) is 6.20. The van der Waals surface area contributed by atoms with Crippen LogP contribution in [0, 0.1) is 26.7 Å². The summed E-state index contributed by atoms with van der Waals surface area (Å²) in [4.78, 5) is 0. The van der Waals surface area contributed by atoms with Crippen LogP contribution >= 0.6 is 0 Å². The Hall–Kier alpha value is -2.28. The third kappa shape index (κ3) is 5.38. The number of aryl methyl sites for hydroxylation is 3. The molecule has 1 nitrogen and oxygen atoms in total. The molecule has 0 fully saturated rings. The van der Waals surface area contributed by atoms with Gasteiger partial charge in [0.05, 0.1) is 0 Å². The molecule has 0 radical (unpaired) electrons. The fourth-order valence-electron chi connectivity index (χ4n) is 3.69. The van der Waals surface area contributed by atoms with Crippen LogP contribution < -0.4 is 5.32 Å². The summed E-state index contributed by atoms with van der Waals surface area (Å²) in [6.45, 7) is 19.5. The second-order valence-corrected chi connectivity index (χ2v) is 8.28. The minimum atomic E-state index is 0.427. The van der Waals surface area contributed by atoms with Crippen LogP contribution in [0.5, 0.6) is 0 Å². The number of benzene rings is 2. The van der Waals surface area contributed by atoms with Crippen LogP contribution in [0.4, 0.5) is 5.69 Å². The van der Waals surface area contributed by atoms with Crippen molar-refractivity contribution in [3.63, 3.8) is 0 Å². The molecular weight excluding hydrogens is 338 g/mol. The topological polar surface area (TPSA) is 12.0 Å². The number of nitrogens with one attached hydrogen (secondary N) is 1. The summed E-state index contributed by atoms with van der Waals surface area (Å²) in [5.41, 5.74) is 10.8. The molecule has 2 aromatic carbocycles. The lowest BCUT2D eigenvalue weighted by molar-refractivity contribution is 0.541. The maximum atomic E-state index is 4.07. The SMILES string of the molecule is C=CC(C)C(Cc1ccc(N/C(C)=C(/C)CC)cc1)c1cc(C)c(C)cc1C. The molecular formula is C27H37N. The number of hydrogen-bond donors (Lipinski definition) is 1. The molecule has 0 saturated carbocycles. The molecule has 0 aliphatic rings. The van der Waals surface area contributed by atoms with E-state index in [1.54, 1.807) is 0 Å². The summed E-state index contributed by atoms with van der Waals surface area (Å²) in [6.07, 6.45) is 4.20. The van der Waals surface area contributed by atoms with Crippen LogP contribution in [-0.2, 0) is 6.42 Å². The highest BCUT2D eigenvalue weighted by atomic mass is 14.9. The van der Waals surface area contributed by atoms with Crippen molar-refractivity contribution in [2.45, 2.75) is 67.2 Å². The third-order valence-electron chi connectivity index (χ3n) is 6.20. The minimum absolute atomic E-state index is 0.427. The van der Waals surface area contributed by atoms with Gasteiger partial charge in [0.2, 0.25) is 0 Å². The number of hydrogen-bond acceptors (Lipinski definition) is 1. The Morgan fingerprint density at radius 2 is 1.61 bits per heavy atom. The van der Waals surface area contributed by atoms with Crippen LogP contribution in [-0.4, -0.2) is 0 Å². The Balaban J connectivity index is 2.26. The van der Waals surface area contributed by atoms with Gasteiger partial charge < -0.3 is 5.32 Å². The molecule has 2 rings (SSSR count). The molecule has 0 aliphatic carbocycles. The fourth-order valence-corrected chi connectivity index (χ4v) is 3.69. The number of anilines is 1. The van der Waals surface area contributed by atoms with Gasteiger partial charge in [-0.15, -0.1) is 6.58 Å². The highest BCUT2D eigenvalue weighted by Crippen LogP contribution is 2.33. The predicted octanol–water partition coefficient (Wildman–Crippen LogP) is 7.88.